The first-order chi connectivity index (χ1) is 6.66. The molecular formula is C11H13BrO2. The number of rotatable bonds is 3. The van der Waals surface area contributed by atoms with Crippen LogP contribution in [-0.2, 0) is 4.74 Å². The van der Waals surface area contributed by atoms with Crippen molar-refractivity contribution in [2.24, 2.45) is 0 Å². The van der Waals surface area contributed by atoms with Crippen molar-refractivity contribution in [2.75, 3.05) is 6.61 Å². The maximum Gasteiger partial charge on any atom is 0.338 e. The second-order valence-corrected chi connectivity index (χ2v) is 4.30. The topological polar surface area (TPSA) is 26.3 Å². The average Bonchev–Trinajstić information content (AvgIpc) is 2.18. The van der Waals surface area contributed by atoms with Crippen LogP contribution in [0.5, 0.6) is 0 Å². The Balaban J connectivity index is 3.00. The Morgan fingerprint density at radius 2 is 2.14 bits per heavy atom. The minimum atomic E-state index is -0.255. The minimum Gasteiger partial charge on any atom is -0.462 e. The molecule has 0 amide bonds. The summed E-state index contributed by atoms with van der Waals surface area (Å²) in [5.74, 6) is -0.255. The van der Waals surface area contributed by atoms with Crippen molar-refractivity contribution in [2.45, 2.75) is 18.7 Å². The highest BCUT2D eigenvalue weighted by molar-refractivity contribution is 9.09. The van der Waals surface area contributed by atoms with Gasteiger partial charge in [0.25, 0.3) is 0 Å². The molecule has 2 nitrogen and oxygen atoms in total. The van der Waals surface area contributed by atoms with Crippen molar-refractivity contribution in [1.82, 2.24) is 0 Å². The number of carbonyl (C=O) groups excluding carboxylic acids is 1. The SMILES string of the molecule is CCOC(=O)c1ccccc1C(C)Br. The lowest BCUT2D eigenvalue weighted by Gasteiger charge is -2.09. The van der Waals surface area contributed by atoms with E-state index < -0.39 is 0 Å². The molecule has 1 aromatic rings. The van der Waals surface area contributed by atoms with Crippen molar-refractivity contribution in [3.05, 3.63) is 35.4 Å². The van der Waals surface area contributed by atoms with Crippen molar-refractivity contribution >= 4 is 21.9 Å². The molecule has 0 radical (unpaired) electrons. The first-order valence-corrected chi connectivity index (χ1v) is 5.48. The standard InChI is InChI=1S/C11H13BrO2/c1-3-14-11(13)10-7-5-4-6-9(10)8(2)12/h4-8H,3H2,1-2H3. The lowest BCUT2D eigenvalue weighted by molar-refractivity contribution is 0.0525. The van der Waals surface area contributed by atoms with Gasteiger partial charge in [-0.3, -0.25) is 0 Å². The molecule has 0 heterocycles. The Kier molecular flexibility index (Phi) is 4.14. The van der Waals surface area contributed by atoms with Gasteiger partial charge in [0.1, 0.15) is 0 Å². The molecule has 0 aromatic heterocycles. The van der Waals surface area contributed by atoms with E-state index in [2.05, 4.69) is 15.9 Å². The van der Waals surface area contributed by atoms with Gasteiger partial charge in [-0.1, -0.05) is 34.1 Å². The van der Waals surface area contributed by atoms with Gasteiger partial charge in [-0.25, -0.2) is 4.79 Å². The zero-order valence-electron chi connectivity index (χ0n) is 8.29. The first kappa shape index (κ1) is 11.2. The second-order valence-electron chi connectivity index (χ2n) is 2.92. The fourth-order valence-electron chi connectivity index (χ4n) is 1.24. The second kappa shape index (κ2) is 5.15. The molecule has 14 heavy (non-hydrogen) atoms. The van der Waals surface area contributed by atoms with Gasteiger partial charge in [0.15, 0.2) is 0 Å². The van der Waals surface area contributed by atoms with Gasteiger partial charge < -0.3 is 4.74 Å². The van der Waals surface area contributed by atoms with Crippen LogP contribution in [0.15, 0.2) is 24.3 Å². The molecule has 76 valence electrons. The fourth-order valence-corrected chi connectivity index (χ4v) is 1.64. The monoisotopic (exact) mass is 256 g/mol. The summed E-state index contributed by atoms with van der Waals surface area (Å²) in [5, 5.41) is 0. The molecule has 1 atom stereocenters. The molecule has 0 saturated heterocycles. The molecule has 1 rings (SSSR count). The van der Waals surface area contributed by atoms with Crippen molar-refractivity contribution < 1.29 is 9.53 Å². The Bertz CT molecular complexity index is 321. The lowest BCUT2D eigenvalue weighted by Crippen LogP contribution is -2.08. The Morgan fingerprint density at radius 3 is 2.71 bits per heavy atom. The summed E-state index contributed by atoms with van der Waals surface area (Å²) in [4.78, 5) is 11.7. The third-order valence-electron chi connectivity index (χ3n) is 1.88. The highest BCUT2D eigenvalue weighted by atomic mass is 79.9. The smallest absolute Gasteiger partial charge is 0.338 e. The van der Waals surface area contributed by atoms with Gasteiger partial charge in [-0.05, 0) is 25.5 Å². The Labute approximate surface area is 92.4 Å². The minimum absolute atomic E-state index is 0.156. The van der Waals surface area contributed by atoms with Crippen LogP contribution in [0.4, 0.5) is 0 Å². The summed E-state index contributed by atoms with van der Waals surface area (Å²) in [6, 6.07) is 7.46. The third kappa shape index (κ3) is 2.58. The van der Waals surface area contributed by atoms with E-state index in [1.807, 2.05) is 25.1 Å². The molecule has 0 spiro atoms. The maximum absolute atomic E-state index is 11.5. The van der Waals surface area contributed by atoms with Crippen LogP contribution in [0, 0.1) is 0 Å². The van der Waals surface area contributed by atoms with E-state index in [9.17, 15) is 4.79 Å². The molecule has 3 heteroatoms. The summed E-state index contributed by atoms with van der Waals surface area (Å²) in [5.41, 5.74) is 1.60. The normalized spacial score (nSPS) is 12.2. The largest absolute Gasteiger partial charge is 0.462 e. The Hall–Kier alpha value is -0.830. The van der Waals surface area contributed by atoms with Crippen molar-refractivity contribution in [3.8, 4) is 0 Å². The molecule has 0 aliphatic carbocycles. The van der Waals surface area contributed by atoms with Gasteiger partial charge in [-0.2, -0.15) is 0 Å². The van der Waals surface area contributed by atoms with Crippen LogP contribution >= 0.6 is 15.9 Å². The molecule has 0 saturated carbocycles. The van der Waals surface area contributed by atoms with E-state index >= 15 is 0 Å². The van der Waals surface area contributed by atoms with Crippen LogP contribution in [0.3, 0.4) is 0 Å². The predicted octanol–water partition coefficient (Wildman–Crippen LogP) is 3.32. The maximum atomic E-state index is 11.5. The average molecular weight is 257 g/mol. The number of esters is 1. The van der Waals surface area contributed by atoms with E-state index in [0.717, 1.165) is 5.56 Å². The van der Waals surface area contributed by atoms with Gasteiger partial charge in [0.05, 0.1) is 12.2 Å². The molecule has 0 aliphatic heterocycles. The lowest BCUT2D eigenvalue weighted by atomic mass is 10.1. The van der Waals surface area contributed by atoms with E-state index in [0.29, 0.717) is 12.2 Å². The van der Waals surface area contributed by atoms with E-state index in [4.69, 9.17) is 4.74 Å². The molecule has 0 N–H and O–H groups in total. The number of alkyl halides is 1. The molecule has 0 bridgehead atoms. The first-order valence-electron chi connectivity index (χ1n) is 4.57. The molecule has 1 aromatic carbocycles. The van der Waals surface area contributed by atoms with Crippen molar-refractivity contribution in [3.63, 3.8) is 0 Å². The highest BCUT2D eigenvalue weighted by Gasteiger charge is 2.14. The summed E-state index contributed by atoms with van der Waals surface area (Å²) in [6.07, 6.45) is 0. The number of halogens is 1. The van der Waals surface area contributed by atoms with Crippen LogP contribution in [0.2, 0.25) is 0 Å². The van der Waals surface area contributed by atoms with E-state index in [-0.39, 0.29) is 10.8 Å². The zero-order chi connectivity index (χ0) is 10.6. The van der Waals surface area contributed by atoms with Crippen molar-refractivity contribution in [1.29, 1.82) is 0 Å². The summed E-state index contributed by atoms with van der Waals surface area (Å²) in [7, 11) is 0. The third-order valence-corrected chi connectivity index (χ3v) is 2.38. The number of hydrogen-bond acceptors (Lipinski definition) is 2. The number of ether oxygens (including phenoxy) is 1. The molecular weight excluding hydrogens is 244 g/mol. The Morgan fingerprint density at radius 1 is 1.50 bits per heavy atom. The van der Waals surface area contributed by atoms with Crippen LogP contribution in [0.1, 0.15) is 34.6 Å². The summed E-state index contributed by atoms with van der Waals surface area (Å²) in [6.45, 7) is 4.19. The zero-order valence-corrected chi connectivity index (χ0v) is 9.87. The molecule has 0 aliphatic rings. The van der Waals surface area contributed by atoms with Gasteiger partial charge in [0.2, 0.25) is 0 Å². The summed E-state index contributed by atoms with van der Waals surface area (Å²) < 4.78 is 4.96. The number of carbonyl (C=O) groups is 1. The highest BCUT2D eigenvalue weighted by Crippen LogP contribution is 2.25. The fraction of sp³-hybridized carbons (Fsp3) is 0.364. The molecule has 0 fully saturated rings. The number of hydrogen-bond donors (Lipinski definition) is 0. The predicted molar refractivity (Wildman–Crippen MR) is 59.7 cm³/mol. The number of benzene rings is 1. The molecule has 1 unspecified atom stereocenters. The van der Waals surface area contributed by atoms with Gasteiger partial charge >= 0.3 is 5.97 Å². The van der Waals surface area contributed by atoms with E-state index in [1.54, 1.807) is 13.0 Å². The quantitative estimate of drug-likeness (QED) is 0.613. The van der Waals surface area contributed by atoms with Crippen LogP contribution in [0.25, 0.3) is 0 Å². The summed E-state index contributed by atoms with van der Waals surface area (Å²) >= 11 is 3.44. The van der Waals surface area contributed by atoms with Gasteiger partial charge in [0, 0.05) is 4.83 Å². The van der Waals surface area contributed by atoms with Gasteiger partial charge in [-0.15, -0.1) is 0 Å². The van der Waals surface area contributed by atoms with E-state index in [1.165, 1.54) is 0 Å². The van der Waals surface area contributed by atoms with Crippen LogP contribution < -0.4 is 0 Å². The van der Waals surface area contributed by atoms with Crippen LogP contribution in [-0.4, -0.2) is 12.6 Å².